The van der Waals surface area contributed by atoms with E-state index in [1.54, 1.807) is 0 Å². The second-order valence-corrected chi connectivity index (χ2v) is 2.98. The molecule has 2 amide bonds. The van der Waals surface area contributed by atoms with E-state index >= 15 is 0 Å². The van der Waals surface area contributed by atoms with Crippen LogP contribution in [0.1, 0.15) is 19.8 Å². The van der Waals surface area contributed by atoms with Crippen LogP contribution >= 0.6 is 0 Å². The monoisotopic (exact) mass is 204 g/mol. The van der Waals surface area contributed by atoms with Crippen molar-refractivity contribution in [1.82, 2.24) is 10.6 Å². The zero-order valence-electron chi connectivity index (χ0n) is 8.12. The molecule has 0 bridgehead atoms. The van der Waals surface area contributed by atoms with Gasteiger partial charge in [0, 0.05) is 13.1 Å². The summed E-state index contributed by atoms with van der Waals surface area (Å²) in [6.07, 6.45) is -0.634. The minimum Gasteiger partial charge on any atom is -0.465 e. The minimum atomic E-state index is -1.05. The summed E-state index contributed by atoms with van der Waals surface area (Å²) >= 11 is 0. The molecule has 1 unspecified atom stereocenters. The molecule has 6 nitrogen and oxygen atoms in total. The van der Waals surface area contributed by atoms with Crippen LogP contribution in [0, 0.1) is 5.92 Å². The predicted molar refractivity (Wildman–Crippen MR) is 50.5 cm³/mol. The molecule has 0 saturated heterocycles. The van der Waals surface area contributed by atoms with Crippen LogP contribution in [0.25, 0.3) is 0 Å². The van der Waals surface area contributed by atoms with Crippen LogP contribution in [0.5, 0.6) is 0 Å². The van der Waals surface area contributed by atoms with Crippen LogP contribution in [0.15, 0.2) is 0 Å². The van der Waals surface area contributed by atoms with Gasteiger partial charge in [-0.25, -0.2) is 9.59 Å². The number of carboxylic acid groups (broad SMARTS) is 2. The predicted octanol–water partition coefficient (Wildman–Crippen LogP) is 0.938. The molecule has 0 aliphatic rings. The van der Waals surface area contributed by atoms with Gasteiger partial charge in [-0.15, -0.1) is 0 Å². The Hall–Kier alpha value is -1.46. The Labute approximate surface area is 82.3 Å². The van der Waals surface area contributed by atoms with Gasteiger partial charge in [-0.2, -0.15) is 0 Å². The van der Waals surface area contributed by atoms with Gasteiger partial charge in [-0.05, 0) is 12.3 Å². The van der Waals surface area contributed by atoms with E-state index in [0.29, 0.717) is 19.5 Å². The second-order valence-electron chi connectivity index (χ2n) is 2.98. The standard InChI is InChI=1S/C8H16N2O4/c1-2-6(5-10-8(13)14)3-4-9-7(11)12/h6,9-10H,2-5H2,1H3,(H,11,12)(H,13,14). The molecule has 0 radical (unpaired) electrons. The third-order valence-electron chi connectivity index (χ3n) is 1.95. The van der Waals surface area contributed by atoms with Crippen molar-refractivity contribution in [1.29, 1.82) is 0 Å². The SMILES string of the molecule is CCC(CCNC(=O)O)CNC(=O)O. The Morgan fingerprint density at radius 2 is 1.79 bits per heavy atom. The van der Waals surface area contributed by atoms with Crippen LogP contribution in [-0.4, -0.2) is 35.5 Å². The third-order valence-corrected chi connectivity index (χ3v) is 1.95. The van der Waals surface area contributed by atoms with Crippen LogP contribution in [0.2, 0.25) is 0 Å². The fourth-order valence-electron chi connectivity index (χ4n) is 1.07. The smallest absolute Gasteiger partial charge is 0.404 e. The molecule has 0 aliphatic heterocycles. The summed E-state index contributed by atoms with van der Waals surface area (Å²) in [7, 11) is 0. The molecular weight excluding hydrogens is 188 g/mol. The zero-order chi connectivity index (χ0) is 11.0. The topological polar surface area (TPSA) is 98.7 Å². The Bertz CT molecular complexity index is 196. The average molecular weight is 204 g/mol. The molecule has 0 aromatic heterocycles. The van der Waals surface area contributed by atoms with E-state index in [9.17, 15) is 9.59 Å². The molecule has 0 rings (SSSR count). The number of nitrogens with one attached hydrogen (secondary N) is 2. The number of hydrogen-bond donors (Lipinski definition) is 4. The van der Waals surface area contributed by atoms with Gasteiger partial charge < -0.3 is 20.8 Å². The summed E-state index contributed by atoms with van der Waals surface area (Å²) in [6, 6.07) is 0. The maximum Gasteiger partial charge on any atom is 0.404 e. The van der Waals surface area contributed by atoms with Crippen molar-refractivity contribution < 1.29 is 19.8 Å². The van der Waals surface area contributed by atoms with Gasteiger partial charge in [0.15, 0.2) is 0 Å². The molecule has 14 heavy (non-hydrogen) atoms. The lowest BCUT2D eigenvalue weighted by Gasteiger charge is -2.13. The van der Waals surface area contributed by atoms with Gasteiger partial charge in [-0.1, -0.05) is 13.3 Å². The van der Waals surface area contributed by atoms with Crippen molar-refractivity contribution in [2.75, 3.05) is 13.1 Å². The van der Waals surface area contributed by atoms with E-state index in [-0.39, 0.29) is 5.92 Å². The number of amides is 2. The summed E-state index contributed by atoms with van der Waals surface area (Å²) < 4.78 is 0. The van der Waals surface area contributed by atoms with Gasteiger partial charge in [-0.3, -0.25) is 0 Å². The highest BCUT2D eigenvalue weighted by Crippen LogP contribution is 2.05. The average Bonchev–Trinajstić information content (AvgIpc) is 2.10. The van der Waals surface area contributed by atoms with Crippen molar-refractivity contribution in [3.63, 3.8) is 0 Å². The van der Waals surface area contributed by atoms with E-state index in [1.807, 2.05) is 6.92 Å². The van der Waals surface area contributed by atoms with E-state index < -0.39 is 12.2 Å². The third kappa shape index (κ3) is 7.20. The molecule has 0 heterocycles. The summed E-state index contributed by atoms with van der Waals surface area (Å²) in [5.41, 5.74) is 0. The van der Waals surface area contributed by atoms with Crippen molar-refractivity contribution in [3.05, 3.63) is 0 Å². The number of hydrogen-bond acceptors (Lipinski definition) is 2. The Morgan fingerprint density at radius 3 is 2.21 bits per heavy atom. The first kappa shape index (κ1) is 12.5. The van der Waals surface area contributed by atoms with E-state index in [4.69, 9.17) is 10.2 Å². The molecule has 0 aromatic rings. The lowest BCUT2D eigenvalue weighted by molar-refractivity contribution is 0.188. The summed E-state index contributed by atoms with van der Waals surface area (Å²) in [6.45, 7) is 2.66. The maximum atomic E-state index is 10.2. The molecule has 0 aliphatic carbocycles. The van der Waals surface area contributed by atoms with Crippen LogP contribution in [0.4, 0.5) is 9.59 Å². The van der Waals surface area contributed by atoms with Crippen LogP contribution in [0.3, 0.4) is 0 Å². The Kier molecular flexibility index (Phi) is 6.26. The summed E-state index contributed by atoms with van der Waals surface area (Å²) in [5.74, 6) is 0.179. The zero-order valence-corrected chi connectivity index (χ0v) is 8.12. The lowest BCUT2D eigenvalue weighted by atomic mass is 10.0. The fourth-order valence-corrected chi connectivity index (χ4v) is 1.07. The highest BCUT2D eigenvalue weighted by molar-refractivity contribution is 5.64. The van der Waals surface area contributed by atoms with Crippen molar-refractivity contribution in [2.45, 2.75) is 19.8 Å². The van der Waals surface area contributed by atoms with Gasteiger partial charge in [0.2, 0.25) is 0 Å². The first-order valence-electron chi connectivity index (χ1n) is 4.49. The maximum absolute atomic E-state index is 10.2. The van der Waals surface area contributed by atoms with Crippen molar-refractivity contribution >= 4 is 12.2 Å². The minimum absolute atomic E-state index is 0.179. The molecule has 1 atom stereocenters. The molecule has 0 spiro atoms. The van der Waals surface area contributed by atoms with E-state index in [1.165, 1.54) is 0 Å². The molecule has 6 heteroatoms. The van der Waals surface area contributed by atoms with Gasteiger partial charge in [0.05, 0.1) is 0 Å². The Balaban J connectivity index is 3.57. The number of rotatable bonds is 6. The first-order chi connectivity index (χ1) is 6.56. The fraction of sp³-hybridized carbons (Fsp3) is 0.750. The molecule has 0 fully saturated rings. The molecule has 0 saturated carbocycles. The van der Waals surface area contributed by atoms with Gasteiger partial charge in [0.25, 0.3) is 0 Å². The highest BCUT2D eigenvalue weighted by atomic mass is 16.4. The van der Waals surface area contributed by atoms with E-state index in [2.05, 4.69) is 10.6 Å². The summed E-state index contributed by atoms with van der Waals surface area (Å²) in [5, 5.41) is 21.2. The van der Waals surface area contributed by atoms with Crippen LogP contribution in [-0.2, 0) is 0 Å². The molecule has 82 valence electrons. The first-order valence-corrected chi connectivity index (χ1v) is 4.49. The normalized spacial score (nSPS) is 11.8. The molecular formula is C8H16N2O4. The lowest BCUT2D eigenvalue weighted by Crippen LogP contribution is -2.30. The van der Waals surface area contributed by atoms with Crippen molar-refractivity contribution in [2.24, 2.45) is 5.92 Å². The largest absolute Gasteiger partial charge is 0.465 e. The highest BCUT2D eigenvalue weighted by Gasteiger charge is 2.07. The van der Waals surface area contributed by atoms with Crippen molar-refractivity contribution in [3.8, 4) is 0 Å². The quantitative estimate of drug-likeness (QED) is 0.517. The number of carbonyl (C=O) groups is 2. The Morgan fingerprint density at radius 1 is 1.21 bits per heavy atom. The van der Waals surface area contributed by atoms with E-state index in [0.717, 1.165) is 6.42 Å². The summed E-state index contributed by atoms with van der Waals surface area (Å²) in [4.78, 5) is 20.3. The second kappa shape index (κ2) is 6.99. The van der Waals surface area contributed by atoms with Gasteiger partial charge >= 0.3 is 12.2 Å². The molecule has 0 aromatic carbocycles. The molecule has 4 N–H and O–H groups in total. The van der Waals surface area contributed by atoms with Gasteiger partial charge in [0.1, 0.15) is 0 Å². The van der Waals surface area contributed by atoms with Crippen LogP contribution < -0.4 is 10.6 Å².